The summed E-state index contributed by atoms with van der Waals surface area (Å²) in [6.07, 6.45) is 5.35. The SMILES string of the molecule is C[C@@H]1S[C@@H]2[C@H](NC(=O)/C(=N\OC(C)(C)C(=O)[O-])c3csc(N)n3)C(=O)N2C(C(=O)[O-])C1C[N+]12CCC(CNC(=O)c3cn(C4CC4)c4cc(O)c(O)c(Cl)c4c3=O)(CC1)CC2.[Na+]. The summed E-state index contributed by atoms with van der Waals surface area (Å²) in [5, 5.41) is 54.3. The number of carboxylic acids is 2. The van der Waals surface area contributed by atoms with Gasteiger partial charge in [-0.15, -0.1) is 23.1 Å². The number of aromatic nitrogens is 2. The summed E-state index contributed by atoms with van der Waals surface area (Å²) < 4.78 is 2.39. The molecule has 19 nitrogen and oxygen atoms in total. The number of nitrogens with one attached hydrogen (secondary N) is 2. The zero-order valence-electron chi connectivity index (χ0n) is 34.3. The van der Waals surface area contributed by atoms with E-state index in [0.717, 1.165) is 43.4 Å². The molecule has 6 fully saturated rings. The van der Waals surface area contributed by atoms with Crippen molar-refractivity contribution in [2.45, 2.75) is 87.2 Å². The van der Waals surface area contributed by atoms with Crippen molar-refractivity contribution in [2.75, 3.05) is 38.5 Å². The first-order valence-corrected chi connectivity index (χ1v) is 22.1. The van der Waals surface area contributed by atoms with Crippen LogP contribution >= 0.6 is 34.7 Å². The van der Waals surface area contributed by atoms with Crippen molar-refractivity contribution in [2.24, 2.45) is 16.5 Å². The molecular weight excluding hydrogens is 879 g/mol. The number of quaternary nitrogens is 1. The maximum Gasteiger partial charge on any atom is 1.00 e. The van der Waals surface area contributed by atoms with Crippen LogP contribution in [0.25, 0.3) is 10.9 Å². The number of piperidine rings is 3. The molecule has 1 aliphatic carbocycles. The average molecular weight is 923 g/mol. The summed E-state index contributed by atoms with van der Waals surface area (Å²) in [5.74, 6) is -6.65. The number of rotatable bonds is 13. The maximum atomic E-state index is 13.7. The molecule has 0 radical (unpaired) electrons. The van der Waals surface area contributed by atoms with Gasteiger partial charge in [-0.25, -0.2) is 4.98 Å². The number of pyridine rings is 1. The van der Waals surface area contributed by atoms with Gasteiger partial charge in [-0.3, -0.25) is 19.2 Å². The van der Waals surface area contributed by atoms with Crippen LogP contribution in [0.1, 0.15) is 75.0 Å². The number of nitrogens with two attached hydrogens (primary N) is 1. The number of carboxylic acid groups (broad SMARTS) is 2. The van der Waals surface area contributed by atoms with Gasteiger partial charge >= 0.3 is 29.6 Å². The molecule has 62 heavy (non-hydrogen) atoms. The van der Waals surface area contributed by atoms with Crippen molar-refractivity contribution in [3.63, 3.8) is 0 Å². The van der Waals surface area contributed by atoms with Gasteiger partial charge in [0.2, 0.25) is 11.3 Å². The summed E-state index contributed by atoms with van der Waals surface area (Å²) >= 11 is 8.70. The van der Waals surface area contributed by atoms with Crippen LogP contribution in [0.5, 0.6) is 11.5 Å². The molecule has 9 rings (SSSR count). The number of phenols is 2. The topological polar surface area (TPSA) is 282 Å². The van der Waals surface area contributed by atoms with E-state index >= 15 is 0 Å². The number of aromatic hydroxyl groups is 2. The molecule has 23 heteroatoms. The molecule has 6 N–H and O–H groups in total. The molecule has 5 atom stereocenters. The molecule has 1 saturated carbocycles. The standard InChI is InChI=1S/C39H45ClN8O11S2.Na/c1-17-20(28(35(55)56)47-33(54)27(34(47)61-17)44-32(53)26(21-15-60-37(41)43-21)45-59-38(2,3)36(57)58)14-48-9-6-39(7-10-48,8-11-48)16-42-31(52)19-13-46(18-4-5-18)22-12-23(49)30(51)25(40)24(22)29(19)50;/h12-13,15,17-18,20,27-28,34H,4-11,14,16H2,1-3H3,(H7-,41,42,43,44,45,49,50,51,52,53,55,56,57,58);/q;+1/p-1/t17-,20?,27+,28?,34+,39?,48?;/m0./s1. The Kier molecular flexibility index (Phi) is 12.4. The number of halogens is 1. The van der Waals surface area contributed by atoms with Crippen LogP contribution < -0.4 is 61.6 Å². The third-order valence-corrected chi connectivity index (χ3v) is 15.7. The van der Waals surface area contributed by atoms with Gasteiger partial charge in [-0.2, -0.15) is 0 Å². The molecule has 0 spiro atoms. The smallest absolute Gasteiger partial charge is 0.548 e. The Morgan fingerprint density at radius 2 is 1.81 bits per heavy atom. The molecule has 2 bridgehead atoms. The van der Waals surface area contributed by atoms with E-state index in [1.54, 1.807) is 4.57 Å². The number of hydrogen-bond acceptors (Lipinski definition) is 16. The van der Waals surface area contributed by atoms with Crippen molar-refractivity contribution in [3.05, 3.63) is 44.1 Å². The number of hydrogen-bond donors (Lipinski definition) is 5. The quantitative estimate of drug-likeness (QED) is 0.0280. The molecule has 6 aliphatic rings. The van der Waals surface area contributed by atoms with Crippen molar-refractivity contribution < 1.29 is 83.3 Å². The second-order valence-electron chi connectivity index (χ2n) is 17.3. The van der Waals surface area contributed by atoms with Gasteiger partial charge in [0.1, 0.15) is 22.7 Å². The zero-order chi connectivity index (χ0) is 43.9. The van der Waals surface area contributed by atoms with Gasteiger partial charge in [0.05, 0.1) is 60.1 Å². The van der Waals surface area contributed by atoms with Gasteiger partial charge in [0.25, 0.3) is 11.8 Å². The van der Waals surface area contributed by atoms with E-state index in [1.807, 2.05) is 6.92 Å². The van der Waals surface area contributed by atoms with Crippen LogP contribution in [0.2, 0.25) is 5.02 Å². The van der Waals surface area contributed by atoms with Crippen LogP contribution in [0.15, 0.2) is 27.6 Å². The van der Waals surface area contributed by atoms with Crippen molar-refractivity contribution in [3.8, 4) is 11.5 Å². The molecule has 7 heterocycles. The number of anilines is 1. The van der Waals surface area contributed by atoms with E-state index in [2.05, 4.69) is 20.8 Å². The van der Waals surface area contributed by atoms with Gasteiger partial charge < -0.3 is 65.2 Å². The molecule has 1 aromatic carbocycles. The van der Waals surface area contributed by atoms with Gasteiger partial charge in [0, 0.05) is 66.1 Å². The maximum absolute atomic E-state index is 13.7. The Hall–Kier alpha value is -4.12. The summed E-state index contributed by atoms with van der Waals surface area (Å²) in [6, 6.07) is -1.09. The number of fused-ring (bicyclic) bond motifs is 5. The van der Waals surface area contributed by atoms with E-state index < -0.39 is 81.3 Å². The number of thioether (sulfide) groups is 1. The Bertz CT molecular complexity index is 2450. The number of carbonyl (C=O) groups is 5. The van der Waals surface area contributed by atoms with Crippen molar-refractivity contribution >= 4 is 86.1 Å². The summed E-state index contributed by atoms with van der Waals surface area (Å²) in [7, 11) is 0. The number of carbonyl (C=O) groups excluding carboxylic acids is 5. The Labute approximate surface area is 389 Å². The predicted octanol–water partition coefficient (Wildman–Crippen LogP) is -3.35. The first-order valence-electron chi connectivity index (χ1n) is 19.9. The second kappa shape index (κ2) is 16.8. The Morgan fingerprint density at radius 1 is 1.15 bits per heavy atom. The van der Waals surface area contributed by atoms with E-state index in [0.29, 0.717) is 42.7 Å². The predicted molar refractivity (Wildman–Crippen MR) is 218 cm³/mol. The monoisotopic (exact) mass is 922 g/mol. The third-order valence-electron chi connectivity index (χ3n) is 13.1. The van der Waals surface area contributed by atoms with Crippen LogP contribution in [0.4, 0.5) is 5.13 Å². The number of oxime groups is 1. The fourth-order valence-corrected chi connectivity index (χ4v) is 11.5. The van der Waals surface area contributed by atoms with E-state index in [4.69, 9.17) is 22.2 Å². The molecule has 326 valence electrons. The van der Waals surface area contributed by atoms with Crippen LogP contribution in [-0.2, 0) is 24.0 Å². The third kappa shape index (κ3) is 8.13. The molecule has 5 aliphatic heterocycles. The van der Waals surface area contributed by atoms with Crippen LogP contribution in [-0.4, -0.2) is 126 Å². The number of phenolic OH excluding ortho intramolecular Hbond substituents is 2. The van der Waals surface area contributed by atoms with E-state index in [9.17, 15) is 49.2 Å². The number of nitrogens with zero attached hydrogens (tertiary/aromatic N) is 5. The van der Waals surface area contributed by atoms with Crippen LogP contribution in [0.3, 0.4) is 0 Å². The summed E-state index contributed by atoms with van der Waals surface area (Å²) in [4.78, 5) is 89.3. The Morgan fingerprint density at radius 3 is 2.39 bits per heavy atom. The zero-order valence-corrected chi connectivity index (χ0v) is 38.7. The molecule has 2 unspecified atom stereocenters. The minimum atomic E-state index is -1.91. The van der Waals surface area contributed by atoms with E-state index in [1.165, 1.54) is 48.2 Å². The van der Waals surface area contributed by atoms with E-state index in [-0.39, 0.29) is 73.1 Å². The second-order valence-corrected chi connectivity index (χ2v) is 20.1. The minimum Gasteiger partial charge on any atom is -0.548 e. The molecule has 5 saturated heterocycles. The number of β-lactam (4-membered cyclic amide) rings is 1. The number of thiazole rings is 1. The number of amides is 3. The van der Waals surface area contributed by atoms with Crippen molar-refractivity contribution in [1.29, 1.82) is 0 Å². The first kappa shape index (κ1) is 45.9. The Balaban J connectivity index is 0.00000578. The minimum absolute atomic E-state index is 0. The van der Waals surface area contributed by atoms with Gasteiger partial charge in [-0.1, -0.05) is 23.7 Å². The molecule has 3 amide bonds. The molecular formula is C39H44ClN8NaO11S2. The number of aliphatic carboxylic acids is 2. The van der Waals surface area contributed by atoms with Crippen molar-refractivity contribution in [1.82, 2.24) is 25.1 Å². The van der Waals surface area contributed by atoms with Gasteiger partial charge in [0.15, 0.2) is 27.9 Å². The fraction of sp³-hybridized carbons (Fsp3) is 0.538. The fourth-order valence-electron chi connectivity index (χ4n) is 9.12. The average Bonchev–Trinajstić information content (AvgIpc) is 3.98. The van der Waals surface area contributed by atoms with Gasteiger partial charge in [-0.05, 0) is 26.7 Å². The van der Waals surface area contributed by atoms with Crippen LogP contribution in [0, 0.1) is 11.3 Å². The first-order chi connectivity index (χ1) is 28.7. The summed E-state index contributed by atoms with van der Waals surface area (Å²) in [5.41, 5.74) is 2.73. The summed E-state index contributed by atoms with van der Waals surface area (Å²) in [6.45, 7) is 7.18. The number of nitrogen functional groups attached to an aromatic ring is 1. The molecule has 2 aromatic heterocycles. The normalized spacial score (nSPS) is 28.1. The number of benzene rings is 1. The largest absolute Gasteiger partial charge is 1.00 e. The molecule has 3 aromatic rings.